The van der Waals surface area contributed by atoms with E-state index in [0.717, 1.165) is 21.8 Å². The highest BCUT2D eigenvalue weighted by Crippen LogP contribution is 2.47. The van der Waals surface area contributed by atoms with Crippen molar-refractivity contribution in [3.05, 3.63) is 58.2 Å². The molecule has 0 unspecified atom stereocenters. The van der Waals surface area contributed by atoms with Gasteiger partial charge in [0.25, 0.3) is 0 Å². The average Bonchev–Trinajstić information content (AvgIpc) is 2.67. The number of benzene rings is 2. The van der Waals surface area contributed by atoms with E-state index < -0.39 is 56.9 Å². The Kier molecular flexibility index (Phi) is 9.36. The van der Waals surface area contributed by atoms with Gasteiger partial charge in [-0.3, -0.25) is 0 Å². The lowest BCUT2D eigenvalue weighted by atomic mass is 10.0. The second-order valence-electron chi connectivity index (χ2n) is 6.55. The van der Waals surface area contributed by atoms with Crippen LogP contribution in [0.4, 0.5) is 26.3 Å². The lowest BCUT2D eigenvalue weighted by molar-refractivity contribution is -0.356. The summed E-state index contributed by atoms with van der Waals surface area (Å²) in [7, 11) is -6.22. The molecule has 35 heavy (non-hydrogen) atoms. The highest BCUT2D eigenvalue weighted by atomic mass is 127. The molecule has 0 fully saturated rings. The summed E-state index contributed by atoms with van der Waals surface area (Å²) < 4.78 is 124. The van der Waals surface area contributed by atoms with E-state index in [1.54, 1.807) is 12.1 Å². The van der Waals surface area contributed by atoms with E-state index >= 15 is 0 Å². The third-order valence-electron chi connectivity index (χ3n) is 4.09. The van der Waals surface area contributed by atoms with Gasteiger partial charge in [0.2, 0.25) is 0 Å². The van der Waals surface area contributed by atoms with Gasteiger partial charge < -0.3 is 14.0 Å². The van der Waals surface area contributed by atoms with Crippen molar-refractivity contribution in [3.8, 4) is 5.75 Å². The summed E-state index contributed by atoms with van der Waals surface area (Å²) in [5.41, 5.74) is -7.55. The minimum atomic E-state index is -6.55. The Balaban J connectivity index is 2.54. The molecule has 2 rings (SSSR count). The Labute approximate surface area is 234 Å². The van der Waals surface area contributed by atoms with Crippen LogP contribution in [0.2, 0.25) is 0 Å². The molecule has 0 aromatic heterocycles. The van der Waals surface area contributed by atoms with Crippen LogP contribution in [0.3, 0.4) is 0 Å². The van der Waals surface area contributed by atoms with Crippen LogP contribution in [0, 0.1) is 10.7 Å². The van der Waals surface area contributed by atoms with E-state index in [4.69, 9.17) is 4.74 Å². The molecule has 7 nitrogen and oxygen atoms in total. The zero-order chi connectivity index (χ0) is 27.0. The Morgan fingerprint density at radius 1 is 0.857 bits per heavy atom. The standard InChI is InChI=1S/C18H9F6I3O7S/c19-17(20,21)16(18(22,23)24,7-35(30,31)32)34-15(29)10-4-2-1-3-9(10)14(28)33-13-11(26)5-8(25)6-12(13)27/h1-6H,7H2,(H,30,31,32)/p-1. The van der Waals surface area contributed by atoms with Crippen molar-refractivity contribution in [2.75, 3.05) is 5.75 Å². The summed E-state index contributed by atoms with van der Waals surface area (Å²) in [4.78, 5) is 25.2. The van der Waals surface area contributed by atoms with Crippen molar-refractivity contribution in [2.45, 2.75) is 18.0 Å². The molecule has 0 heterocycles. The third kappa shape index (κ3) is 7.09. The zero-order valence-corrected chi connectivity index (χ0v) is 23.6. The average molecular weight is 863 g/mol. The molecular weight excluding hydrogens is 855 g/mol. The van der Waals surface area contributed by atoms with Crippen molar-refractivity contribution in [1.82, 2.24) is 0 Å². The van der Waals surface area contributed by atoms with Crippen molar-refractivity contribution < 1.29 is 58.4 Å². The molecule has 17 heteroatoms. The second kappa shape index (κ2) is 10.8. The number of carbonyl (C=O) groups is 2. The Morgan fingerprint density at radius 2 is 1.29 bits per heavy atom. The first-order chi connectivity index (χ1) is 15.8. The van der Waals surface area contributed by atoms with Crippen LogP contribution >= 0.6 is 67.8 Å². The van der Waals surface area contributed by atoms with Gasteiger partial charge >= 0.3 is 29.9 Å². The van der Waals surface area contributed by atoms with Crippen LogP contribution in [0.5, 0.6) is 5.75 Å². The molecule has 2 aromatic rings. The maximum atomic E-state index is 13.5. The fourth-order valence-corrected chi connectivity index (χ4v) is 7.23. The fourth-order valence-electron chi connectivity index (χ4n) is 2.54. The maximum Gasteiger partial charge on any atom is 0.438 e. The van der Waals surface area contributed by atoms with E-state index in [1.807, 2.05) is 67.8 Å². The van der Waals surface area contributed by atoms with Gasteiger partial charge in [0.15, 0.2) is 5.75 Å². The molecule has 0 aliphatic carbocycles. The summed E-state index contributed by atoms with van der Waals surface area (Å²) in [6, 6.07) is 6.90. The van der Waals surface area contributed by atoms with Crippen molar-refractivity contribution in [2.24, 2.45) is 0 Å². The van der Waals surface area contributed by atoms with E-state index in [1.165, 1.54) is 0 Å². The number of halogens is 9. The number of hydrogen-bond donors (Lipinski definition) is 0. The molecule has 0 saturated heterocycles. The molecule has 0 aliphatic rings. The fraction of sp³-hybridized carbons (Fsp3) is 0.222. The van der Waals surface area contributed by atoms with Gasteiger partial charge in [-0.25, -0.2) is 18.0 Å². The summed E-state index contributed by atoms with van der Waals surface area (Å²) in [6.45, 7) is 0. The molecular formula is C18H8F6I3O7S-. The highest BCUT2D eigenvalue weighted by molar-refractivity contribution is 14.1. The van der Waals surface area contributed by atoms with E-state index in [2.05, 4.69) is 4.74 Å². The van der Waals surface area contributed by atoms with E-state index in [0.29, 0.717) is 13.2 Å². The minimum absolute atomic E-state index is 0.0113. The monoisotopic (exact) mass is 863 g/mol. The van der Waals surface area contributed by atoms with Crippen LogP contribution in [0.1, 0.15) is 20.7 Å². The minimum Gasteiger partial charge on any atom is -0.748 e. The number of carbonyl (C=O) groups excluding carboxylic acids is 2. The summed E-state index contributed by atoms with van der Waals surface area (Å²) >= 11 is 5.62. The largest absolute Gasteiger partial charge is 0.748 e. The number of alkyl halides is 6. The van der Waals surface area contributed by atoms with Gasteiger partial charge in [-0.05, 0) is 92.0 Å². The van der Waals surface area contributed by atoms with Gasteiger partial charge in [0, 0.05) is 3.57 Å². The highest BCUT2D eigenvalue weighted by Gasteiger charge is 2.75. The SMILES string of the molecule is O=C(Oc1c(I)cc(I)cc1I)c1ccccc1C(=O)OC(CS(=O)(=O)[O-])(C(F)(F)F)C(F)(F)F. The molecule has 0 amide bonds. The van der Waals surface area contributed by atoms with Crippen LogP contribution in [-0.2, 0) is 14.9 Å². The van der Waals surface area contributed by atoms with Gasteiger partial charge in [0.05, 0.1) is 34.1 Å². The van der Waals surface area contributed by atoms with Crippen molar-refractivity contribution >= 4 is 89.8 Å². The van der Waals surface area contributed by atoms with Crippen LogP contribution < -0.4 is 4.74 Å². The smallest absolute Gasteiger partial charge is 0.438 e. The summed E-state index contributed by atoms with van der Waals surface area (Å²) in [6.07, 6.45) is -13.1. The quantitative estimate of drug-likeness (QED) is 0.128. The number of ether oxygens (including phenoxy) is 2. The van der Waals surface area contributed by atoms with Crippen LogP contribution in [0.15, 0.2) is 36.4 Å². The number of esters is 2. The number of rotatable bonds is 6. The van der Waals surface area contributed by atoms with Crippen molar-refractivity contribution in [1.29, 1.82) is 0 Å². The first-order valence-electron chi connectivity index (χ1n) is 8.55. The molecule has 0 saturated carbocycles. The predicted octanol–water partition coefficient (Wildman–Crippen LogP) is 5.29. The van der Waals surface area contributed by atoms with Crippen molar-refractivity contribution in [3.63, 3.8) is 0 Å². The lowest BCUT2D eigenvalue weighted by Crippen LogP contribution is -2.63. The zero-order valence-electron chi connectivity index (χ0n) is 16.3. The molecule has 0 N–H and O–H groups in total. The molecule has 0 spiro atoms. The number of hydrogen-bond acceptors (Lipinski definition) is 7. The Bertz CT molecular complexity index is 1220. The van der Waals surface area contributed by atoms with Gasteiger partial charge in [-0.2, -0.15) is 26.3 Å². The molecule has 0 atom stereocenters. The summed E-state index contributed by atoms with van der Waals surface area (Å²) in [5.74, 6) is -6.83. The molecule has 0 aliphatic heterocycles. The lowest BCUT2D eigenvalue weighted by Gasteiger charge is -2.37. The first-order valence-corrected chi connectivity index (χ1v) is 13.4. The molecule has 0 bridgehead atoms. The van der Waals surface area contributed by atoms with Crippen LogP contribution in [-0.4, -0.2) is 48.6 Å². The Morgan fingerprint density at radius 3 is 1.69 bits per heavy atom. The Hall–Kier alpha value is -0.940. The predicted molar refractivity (Wildman–Crippen MR) is 131 cm³/mol. The van der Waals surface area contributed by atoms with E-state index in [-0.39, 0.29) is 5.75 Å². The maximum absolute atomic E-state index is 13.5. The molecule has 192 valence electrons. The molecule has 0 radical (unpaired) electrons. The third-order valence-corrected chi connectivity index (χ3v) is 7.07. The first kappa shape index (κ1) is 30.3. The molecule has 2 aromatic carbocycles. The van der Waals surface area contributed by atoms with Gasteiger partial charge in [-0.15, -0.1) is 0 Å². The van der Waals surface area contributed by atoms with E-state index in [9.17, 15) is 48.9 Å². The topological polar surface area (TPSA) is 110 Å². The van der Waals surface area contributed by atoms with Gasteiger partial charge in [0.1, 0.15) is 0 Å². The summed E-state index contributed by atoms with van der Waals surface area (Å²) in [5, 5.41) is 0. The van der Waals surface area contributed by atoms with Gasteiger partial charge in [-0.1, -0.05) is 12.1 Å². The normalized spacial score (nSPS) is 12.9. The van der Waals surface area contributed by atoms with Crippen LogP contribution in [0.25, 0.3) is 0 Å². The second-order valence-corrected chi connectivity index (χ2v) is 11.5.